The van der Waals surface area contributed by atoms with E-state index in [0.717, 1.165) is 42.8 Å². The minimum absolute atomic E-state index is 0.181. The Labute approximate surface area is 215 Å². The number of nitrogens with zero attached hydrogens (tertiary/aromatic N) is 4. The van der Waals surface area contributed by atoms with Crippen LogP contribution in [0.5, 0.6) is 0 Å². The van der Waals surface area contributed by atoms with Crippen molar-refractivity contribution in [1.29, 1.82) is 0 Å². The number of benzene rings is 1. The van der Waals surface area contributed by atoms with E-state index in [1.807, 2.05) is 19.2 Å². The summed E-state index contributed by atoms with van der Waals surface area (Å²) in [6, 6.07) is 15.9. The van der Waals surface area contributed by atoms with Crippen molar-refractivity contribution in [2.75, 3.05) is 0 Å². The third-order valence-corrected chi connectivity index (χ3v) is 6.67. The van der Waals surface area contributed by atoms with Crippen LogP contribution in [0.2, 0.25) is 5.15 Å². The van der Waals surface area contributed by atoms with Crippen LogP contribution in [0.4, 0.5) is 0 Å². The molecule has 1 unspecified atom stereocenters. The highest BCUT2D eigenvalue weighted by Gasteiger charge is 2.28. The van der Waals surface area contributed by atoms with Crippen molar-refractivity contribution in [1.82, 2.24) is 25.2 Å². The molecule has 3 heterocycles. The van der Waals surface area contributed by atoms with E-state index >= 15 is 0 Å². The van der Waals surface area contributed by atoms with Gasteiger partial charge < -0.3 is 9.73 Å². The normalized spacial score (nSPS) is 15.0. The van der Waals surface area contributed by atoms with Crippen LogP contribution >= 0.6 is 11.6 Å². The van der Waals surface area contributed by atoms with Gasteiger partial charge in [0.2, 0.25) is 5.89 Å². The predicted molar refractivity (Wildman–Crippen MR) is 137 cm³/mol. The summed E-state index contributed by atoms with van der Waals surface area (Å²) in [6.45, 7) is 3.70. The van der Waals surface area contributed by atoms with Crippen molar-refractivity contribution >= 4 is 17.5 Å². The molecular formula is C28H28ClN5O2. The number of halogens is 1. The Morgan fingerprint density at radius 2 is 1.92 bits per heavy atom. The lowest BCUT2D eigenvalue weighted by atomic mass is 9.90. The molecule has 5 rings (SSSR count). The Balaban J connectivity index is 1.29. The van der Waals surface area contributed by atoms with Crippen molar-refractivity contribution in [2.24, 2.45) is 0 Å². The Bertz CT molecular complexity index is 1340. The molecule has 0 spiro atoms. The number of hydrogen-bond donors (Lipinski definition) is 1. The van der Waals surface area contributed by atoms with Crippen LogP contribution in [-0.4, -0.2) is 25.8 Å². The lowest BCUT2D eigenvalue weighted by Gasteiger charge is -2.34. The maximum Gasteiger partial charge on any atom is 0.251 e. The summed E-state index contributed by atoms with van der Waals surface area (Å²) in [4.78, 5) is 27.9. The number of aromatic nitrogens is 3. The zero-order valence-electron chi connectivity index (χ0n) is 20.2. The summed E-state index contributed by atoms with van der Waals surface area (Å²) >= 11 is 5.89. The minimum atomic E-state index is -0.181. The van der Waals surface area contributed by atoms with Crippen LogP contribution in [0, 0.1) is 6.92 Å². The van der Waals surface area contributed by atoms with Gasteiger partial charge in [-0.05, 0) is 61.1 Å². The Morgan fingerprint density at radius 3 is 2.69 bits per heavy atom. The average molecular weight is 502 g/mol. The quantitative estimate of drug-likeness (QED) is 0.324. The Kier molecular flexibility index (Phi) is 7.39. The fraction of sp³-hybridized carbons (Fsp3) is 0.286. The van der Waals surface area contributed by atoms with Crippen LogP contribution in [-0.2, 0) is 26.1 Å². The van der Waals surface area contributed by atoms with Gasteiger partial charge in [0.25, 0.3) is 5.91 Å². The number of nitrogens with one attached hydrogen (secondary N) is 1. The van der Waals surface area contributed by atoms with Gasteiger partial charge in [0.1, 0.15) is 10.9 Å². The number of carbonyl (C=O) groups excluding carboxylic acids is 1. The maximum atomic E-state index is 12.4. The molecule has 0 radical (unpaired) electrons. The van der Waals surface area contributed by atoms with Crippen LogP contribution in [0.1, 0.15) is 63.3 Å². The van der Waals surface area contributed by atoms with Crippen LogP contribution < -0.4 is 5.32 Å². The van der Waals surface area contributed by atoms with Gasteiger partial charge in [-0.15, -0.1) is 0 Å². The number of aryl methyl sites for hydroxylation is 2. The average Bonchev–Trinajstić information content (AvgIpc) is 3.31. The van der Waals surface area contributed by atoms with Gasteiger partial charge >= 0.3 is 0 Å². The maximum absolute atomic E-state index is 12.4. The van der Waals surface area contributed by atoms with E-state index in [1.165, 1.54) is 17.3 Å². The molecule has 1 aliphatic carbocycles. The lowest BCUT2D eigenvalue weighted by molar-refractivity contribution is 0.0951. The molecule has 36 heavy (non-hydrogen) atoms. The second-order valence-corrected chi connectivity index (χ2v) is 9.48. The van der Waals surface area contributed by atoms with Gasteiger partial charge in [0, 0.05) is 31.0 Å². The third kappa shape index (κ3) is 5.80. The first kappa shape index (κ1) is 24.2. The van der Waals surface area contributed by atoms with E-state index in [9.17, 15) is 4.79 Å². The summed E-state index contributed by atoms with van der Waals surface area (Å²) < 4.78 is 5.82. The highest BCUT2D eigenvalue weighted by Crippen LogP contribution is 2.34. The summed E-state index contributed by atoms with van der Waals surface area (Å²) in [5, 5.41) is 3.23. The van der Waals surface area contributed by atoms with Crippen LogP contribution in [0.15, 0.2) is 71.5 Å². The van der Waals surface area contributed by atoms with Crippen molar-refractivity contribution < 1.29 is 9.21 Å². The van der Waals surface area contributed by atoms with Gasteiger partial charge in [0.15, 0.2) is 0 Å². The van der Waals surface area contributed by atoms with Gasteiger partial charge in [-0.2, -0.15) is 0 Å². The molecule has 1 amide bonds. The van der Waals surface area contributed by atoms with E-state index in [2.05, 4.69) is 50.5 Å². The molecule has 0 saturated heterocycles. The molecule has 0 fully saturated rings. The van der Waals surface area contributed by atoms with Crippen molar-refractivity contribution in [3.8, 4) is 0 Å². The lowest BCUT2D eigenvalue weighted by Crippen LogP contribution is -2.31. The second-order valence-electron chi connectivity index (χ2n) is 9.09. The highest BCUT2D eigenvalue weighted by molar-refractivity contribution is 6.29. The Morgan fingerprint density at radius 1 is 1.08 bits per heavy atom. The largest absolute Gasteiger partial charge is 0.445 e. The first-order valence-corrected chi connectivity index (χ1v) is 12.5. The van der Waals surface area contributed by atoms with Crippen molar-refractivity contribution in [3.05, 3.63) is 112 Å². The first-order valence-electron chi connectivity index (χ1n) is 12.1. The SMILES string of the molecule is Cc1cnc(CN(Cc2ccc(CNC(=O)c3ccnc(Cl)c3)cc2)C2CCCc3cccnc32)o1. The molecule has 7 nitrogen and oxygen atoms in total. The molecule has 0 bridgehead atoms. The van der Waals surface area contributed by atoms with Crippen LogP contribution in [0.3, 0.4) is 0 Å². The molecule has 3 aromatic heterocycles. The van der Waals surface area contributed by atoms with E-state index < -0.39 is 0 Å². The van der Waals surface area contributed by atoms with Gasteiger partial charge in [-0.25, -0.2) is 9.97 Å². The van der Waals surface area contributed by atoms with E-state index in [0.29, 0.717) is 29.7 Å². The molecule has 1 N–H and O–H groups in total. The number of carbonyl (C=O) groups is 1. The first-order chi connectivity index (χ1) is 17.5. The zero-order valence-corrected chi connectivity index (χ0v) is 20.9. The number of hydrogen-bond acceptors (Lipinski definition) is 6. The number of amides is 1. The molecule has 1 aliphatic rings. The predicted octanol–water partition coefficient (Wildman–Crippen LogP) is 5.44. The van der Waals surface area contributed by atoms with E-state index in [4.69, 9.17) is 21.0 Å². The van der Waals surface area contributed by atoms with Gasteiger partial charge in [-0.3, -0.25) is 14.7 Å². The summed E-state index contributed by atoms with van der Waals surface area (Å²) in [5.41, 5.74) is 5.17. The highest BCUT2D eigenvalue weighted by atomic mass is 35.5. The fourth-order valence-electron chi connectivity index (χ4n) is 4.69. The standard InChI is InChI=1S/C28H28ClN5O2/c1-19-15-32-26(36-19)18-34(24-6-2-4-22-5-3-12-31-27(22)24)17-21-9-7-20(8-10-21)16-33-28(35)23-11-13-30-25(29)14-23/h3,5,7-15,24H,2,4,6,16-18H2,1H3,(H,33,35). The Hall–Kier alpha value is -3.55. The van der Waals surface area contributed by atoms with Gasteiger partial charge in [0.05, 0.1) is 24.5 Å². The molecule has 0 saturated carbocycles. The molecule has 1 aromatic carbocycles. The summed E-state index contributed by atoms with van der Waals surface area (Å²) in [6.07, 6.45) is 8.42. The number of pyridine rings is 2. The van der Waals surface area contributed by atoms with Crippen molar-refractivity contribution in [2.45, 2.75) is 51.9 Å². The summed E-state index contributed by atoms with van der Waals surface area (Å²) in [5.74, 6) is 1.35. The molecule has 4 aromatic rings. The van der Waals surface area contributed by atoms with Crippen molar-refractivity contribution in [3.63, 3.8) is 0 Å². The number of oxazole rings is 1. The molecule has 1 atom stereocenters. The number of rotatable bonds is 8. The summed E-state index contributed by atoms with van der Waals surface area (Å²) in [7, 11) is 0. The monoisotopic (exact) mass is 501 g/mol. The minimum Gasteiger partial charge on any atom is -0.445 e. The topological polar surface area (TPSA) is 84.2 Å². The smallest absolute Gasteiger partial charge is 0.251 e. The fourth-order valence-corrected chi connectivity index (χ4v) is 4.86. The molecule has 8 heteroatoms. The van der Waals surface area contributed by atoms with E-state index in [1.54, 1.807) is 18.3 Å². The number of fused-ring (bicyclic) bond motifs is 1. The molecular weight excluding hydrogens is 474 g/mol. The van der Waals surface area contributed by atoms with E-state index in [-0.39, 0.29) is 11.9 Å². The molecule has 184 valence electrons. The third-order valence-electron chi connectivity index (χ3n) is 6.46. The second kappa shape index (κ2) is 11.0. The van der Waals surface area contributed by atoms with Gasteiger partial charge in [-0.1, -0.05) is 41.9 Å². The van der Waals surface area contributed by atoms with Crippen LogP contribution in [0.25, 0.3) is 0 Å². The molecule has 0 aliphatic heterocycles. The zero-order chi connectivity index (χ0) is 24.9.